The van der Waals surface area contributed by atoms with Gasteiger partial charge in [0.1, 0.15) is 0 Å². The normalized spacial score (nSPS) is 25.3. The Bertz CT molecular complexity index is 858. The zero-order valence-electron chi connectivity index (χ0n) is 15.9. The third-order valence-corrected chi connectivity index (χ3v) is 6.44. The number of nitrogens with zero attached hydrogens (tertiary/aromatic N) is 2. The van der Waals surface area contributed by atoms with E-state index in [1.165, 1.54) is 11.0 Å². The van der Waals surface area contributed by atoms with E-state index in [9.17, 15) is 24.3 Å². The SMILES string of the molecule is CC1C(C(=O)O)CCN1C(=O)c1ccc2c(c1)C(=O)N(C1CCCCC1)C2=O. The minimum atomic E-state index is -0.902. The van der Waals surface area contributed by atoms with Crippen LogP contribution in [-0.2, 0) is 4.79 Å². The second-order valence-electron chi connectivity index (χ2n) is 8.01. The molecule has 3 aliphatic rings. The van der Waals surface area contributed by atoms with Gasteiger partial charge in [0, 0.05) is 24.2 Å². The van der Waals surface area contributed by atoms with Crippen LogP contribution in [-0.4, -0.2) is 57.2 Å². The first-order valence-corrected chi connectivity index (χ1v) is 9.96. The van der Waals surface area contributed by atoms with Gasteiger partial charge in [-0.15, -0.1) is 0 Å². The van der Waals surface area contributed by atoms with Gasteiger partial charge in [-0.2, -0.15) is 0 Å². The van der Waals surface area contributed by atoms with Gasteiger partial charge in [-0.1, -0.05) is 19.3 Å². The van der Waals surface area contributed by atoms with Gasteiger partial charge in [0.25, 0.3) is 17.7 Å². The standard InChI is InChI=1S/C21H24N2O5/c1-12-15(21(27)28)9-10-22(12)18(24)13-7-8-16-17(11-13)20(26)23(19(16)25)14-5-3-2-4-6-14/h7-8,11-12,14-15H,2-6,9-10H2,1H3,(H,27,28). The highest BCUT2D eigenvalue weighted by Gasteiger charge is 2.42. The van der Waals surface area contributed by atoms with Crippen molar-refractivity contribution >= 4 is 23.7 Å². The highest BCUT2D eigenvalue weighted by Crippen LogP contribution is 2.32. The summed E-state index contributed by atoms with van der Waals surface area (Å²) in [5.41, 5.74) is 0.955. The fourth-order valence-electron chi connectivity index (χ4n) is 4.79. The van der Waals surface area contributed by atoms with E-state index >= 15 is 0 Å². The lowest BCUT2D eigenvalue weighted by atomic mass is 9.94. The summed E-state index contributed by atoms with van der Waals surface area (Å²) in [7, 11) is 0. The Morgan fingerprint density at radius 1 is 1.00 bits per heavy atom. The van der Waals surface area contributed by atoms with Gasteiger partial charge in [-0.05, 0) is 44.4 Å². The maximum absolute atomic E-state index is 12.9. The lowest BCUT2D eigenvalue weighted by Crippen LogP contribution is -2.40. The van der Waals surface area contributed by atoms with Crippen molar-refractivity contribution in [2.75, 3.05) is 6.54 Å². The van der Waals surface area contributed by atoms with E-state index in [0.717, 1.165) is 32.1 Å². The molecule has 3 amide bonds. The van der Waals surface area contributed by atoms with Crippen LogP contribution in [0, 0.1) is 5.92 Å². The molecule has 2 heterocycles. The van der Waals surface area contributed by atoms with Crippen LogP contribution < -0.4 is 0 Å². The number of carboxylic acid groups (broad SMARTS) is 1. The largest absolute Gasteiger partial charge is 0.481 e. The van der Waals surface area contributed by atoms with E-state index in [1.807, 2.05) is 0 Å². The molecule has 0 spiro atoms. The van der Waals surface area contributed by atoms with Crippen LogP contribution in [0.1, 0.15) is 76.5 Å². The minimum absolute atomic E-state index is 0.0600. The van der Waals surface area contributed by atoms with E-state index < -0.39 is 17.9 Å². The summed E-state index contributed by atoms with van der Waals surface area (Å²) < 4.78 is 0. The number of carbonyl (C=O) groups excluding carboxylic acids is 3. The number of hydrogen-bond donors (Lipinski definition) is 1. The number of likely N-dealkylation sites (tertiary alicyclic amines) is 1. The lowest BCUT2D eigenvalue weighted by Gasteiger charge is -2.29. The van der Waals surface area contributed by atoms with E-state index in [2.05, 4.69) is 0 Å². The topological polar surface area (TPSA) is 95.0 Å². The molecule has 1 saturated carbocycles. The molecule has 0 radical (unpaired) electrons. The Hall–Kier alpha value is -2.70. The van der Waals surface area contributed by atoms with Gasteiger partial charge in [0.2, 0.25) is 0 Å². The number of fused-ring (bicyclic) bond motifs is 1. The van der Waals surface area contributed by atoms with Gasteiger partial charge in [-0.25, -0.2) is 0 Å². The first-order valence-electron chi connectivity index (χ1n) is 9.96. The smallest absolute Gasteiger partial charge is 0.308 e. The molecule has 2 unspecified atom stereocenters. The molecule has 0 bridgehead atoms. The highest BCUT2D eigenvalue weighted by atomic mass is 16.4. The molecule has 7 heteroatoms. The maximum Gasteiger partial charge on any atom is 0.308 e. The van der Waals surface area contributed by atoms with Crippen molar-refractivity contribution in [1.29, 1.82) is 0 Å². The van der Waals surface area contributed by atoms with E-state index in [-0.39, 0.29) is 29.3 Å². The number of hydrogen-bond acceptors (Lipinski definition) is 4. The Morgan fingerprint density at radius 3 is 2.32 bits per heavy atom. The quantitative estimate of drug-likeness (QED) is 0.808. The molecule has 1 N–H and O–H groups in total. The summed E-state index contributed by atoms with van der Waals surface area (Å²) in [4.78, 5) is 52.8. The van der Waals surface area contributed by atoms with Crippen LogP contribution >= 0.6 is 0 Å². The number of benzene rings is 1. The van der Waals surface area contributed by atoms with Crippen molar-refractivity contribution in [3.05, 3.63) is 34.9 Å². The monoisotopic (exact) mass is 384 g/mol. The van der Waals surface area contributed by atoms with Crippen molar-refractivity contribution in [3.63, 3.8) is 0 Å². The third-order valence-electron chi connectivity index (χ3n) is 6.44. The van der Waals surface area contributed by atoms with Crippen LogP contribution in [0.3, 0.4) is 0 Å². The van der Waals surface area contributed by atoms with Crippen LogP contribution in [0.2, 0.25) is 0 Å². The molecule has 7 nitrogen and oxygen atoms in total. The molecule has 1 saturated heterocycles. The van der Waals surface area contributed by atoms with Crippen molar-refractivity contribution in [2.45, 2.75) is 57.5 Å². The average molecular weight is 384 g/mol. The molecule has 4 rings (SSSR count). The summed E-state index contributed by atoms with van der Waals surface area (Å²) in [6.45, 7) is 2.10. The van der Waals surface area contributed by atoms with E-state index in [1.54, 1.807) is 24.0 Å². The molecular formula is C21H24N2O5. The maximum atomic E-state index is 12.9. The number of rotatable bonds is 3. The van der Waals surface area contributed by atoms with Crippen LogP contribution in [0.15, 0.2) is 18.2 Å². The summed E-state index contributed by atoms with van der Waals surface area (Å²) in [6, 6.07) is 4.16. The van der Waals surface area contributed by atoms with E-state index in [4.69, 9.17) is 0 Å². The van der Waals surface area contributed by atoms with Crippen LogP contribution in [0.25, 0.3) is 0 Å². The predicted octanol–water partition coefficient (Wildman–Crippen LogP) is 2.55. The van der Waals surface area contributed by atoms with Crippen molar-refractivity contribution in [2.24, 2.45) is 5.92 Å². The second-order valence-corrected chi connectivity index (χ2v) is 8.01. The molecular weight excluding hydrogens is 360 g/mol. The Morgan fingerprint density at radius 2 is 1.68 bits per heavy atom. The highest BCUT2D eigenvalue weighted by molar-refractivity contribution is 6.22. The number of carboxylic acids is 1. The second kappa shape index (κ2) is 7.04. The molecule has 0 aromatic heterocycles. The average Bonchev–Trinajstić information content (AvgIpc) is 3.20. The Kier molecular flexibility index (Phi) is 4.69. The van der Waals surface area contributed by atoms with Crippen molar-refractivity contribution in [1.82, 2.24) is 9.80 Å². The molecule has 2 atom stereocenters. The minimum Gasteiger partial charge on any atom is -0.481 e. The Balaban J connectivity index is 1.58. The number of amides is 3. The zero-order valence-corrected chi connectivity index (χ0v) is 15.9. The molecule has 1 aliphatic carbocycles. The van der Waals surface area contributed by atoms with Gasteiger partial charge >= 0.3 is 5.97 Å². The third kappa shape index (κ3) is 2.89. The van der Waals surface area contributed by atoms with Gasteiger partial charge in [0.15, 0.2) is 0 Å². The first-order chi connectivity index (χ1) is 13.4. The molecule has 2 aliphatic heterocycles. The molecule has 2 fully saturated rings. The lowest BCUT2D eigenvalue weighted by molar-refractivity contribution is -0.142. The number of carbonyl (C=O) groups is 4. The summed E-state index contributed by atoms with van der Waals surface area (Å²) in [6.07, 6.45) is 5.24. The van der Waals surface area contributed by atoms with Crippen LogP contribution in [0.5, 0.6) is 0 Å². The summed E-state index contributed by atoms with van der Waals surface area (Å²) >= 11 is 0. The van der Waals surface area contributed by atoms with Crippen molar-refractivity contribution in [3.8, 4) is 0 Å². The predicted molar refractivity (Wildman–Crippen MR) is 100 cm³/mol. The van der Waals surface area contributed by atoms with Crippen molar-refractivity contribution < 1.29 is 24.3 Å². The molecule has 1 aromatic carbocycles. The van der Waals surface area contributed by atoms with Crippen LogP contribution in [0.4, 0.5) is 0 Å². The van der Waals surface area contributed by atoms with Gasteiger partial charge in [-0.3, -0.25) is 24.1 Å². The zero-order chi connectivity index (χ0) is 20.0. The number of aliphatic carboxylic acids is 1. The fourth-order valence-corrected chi connectivity index (χ4v) is 4.79. The molecule has 28 heavy (non-hydrogen) atoms. The summed E-state index contributed by atoms with van der Waals surface area (Å²) in [5, 5.41) is 9.27. The van der Waals surface area contributed by atoms with Gasteiger partial charge < -0.3 is 10.0 Å². The molecule has 148 valence electrons. The fraction of sp³-hybridized carbons (Fsp3) is 0.524. The van der Waals surface area contributed by atoms with Gasteiger partial charge in [0.05, 0.1) is 17.0 Å². The Labute approximate surface area is 163 Å². The van der Waals surface area contributed by atoms with E-state index in [0.29, 0.717) is 24.1 Å². The first kappa shape index (κ1) is 18.7. The number of imide groups is 1. The summed E-state index contributed by atoms with van der Waals surface area (Å²) in [5.74, 6) is -2.37. The molecule has 1 aromatic rings.